The molecule has 0 atom stereocenters. The Kier molecular flexibility index (Phi) is 2.16. The minimum Gasteiger partial charge on any atom is -0.242 e. The Morgan fingerprint density at radius 1 is 0.706 bits per heavy atom. The molecule has 1 heterocycles. The van der Waals surface area contributed by atoms with Gasteiger partial charge in [-0.2, -0.15) is 5.26 Å². The van der Waals surface area contributed by atoms with Gasteiger partial charge in [-0.1, -0.05) is 60.7 Å². The molecule has 0 unspecified atom stereocenters. The molecule has 0 amide bonds. The van der Waals surface area contributed by atoms with Gasteiger partial charge in [0.15, 0.2) is 6.19 Å². The molecule has 80 valence electrons. The second kappa shape index (κ2) is 3.80. The van der Waals surface area contributed by atoms with Gasteiger partial charge in [0, 0.05) is 11.1 Å². The Morgan fingerprint density at radius 2 is 1.12 bits per heavy atom. The van der Waals surface area contributed by atoms with E-state index >= 15 is 0 Å². The summed E-state index contributed by atoms with van der Waals surface area (Å²) in [6.45, 7) is 0. The van der Waals surface area contributed by atoms with Crippen LogP contribution in [0.3, 0.4) is 0 Å². The van der Waals surface area contributed by atoms with Gasteiger partial charge in [-0.25, -0.2) is 4.90 Å². The molecule has 2 aromatic carbocycles. The number of nitrogens with zero attached hydrogens (tertiary/aromatic N) is 2. The minimum absolute atomic E-state index is 1.01. The first-order valence-corrected chi connectivity index (χ1v) is 5.47. The fourth-order valence-electron chi connectivity index (χ4n) is 1.99. The Labute approximate surface area is 100 Å². The van der Waals surface area contributed by atoms with Crippen molar-refractivity contribution in [2.75, 3.05) is 0 Å². The predicted octanol–water partition coefficient (Wildman–Crippen LogP) is 3.31. The highest BCUT2D eigenvalue weighted by molar-refractivity contribution is 6.06. The summed E-state index contributed by atoms with van der Waals surface area (Å²) < 4.78 is 0. The molecular formula is C15H10N2. The molecule has 3 rings (SSSR count). The van der Waals surface area contributed by atoms with Crippen molar-refractivity contribution in [1.82, 2.24) is 4.90 Å². The fourth-order valence-corrected chi connectivity index (χ4v) is 1.99. The maximum absolute atomic E-state index is 9.10. The summed E-state index contributed by atoms with van der Waals surface area (Å²) in [6.07, 6.45) is 2.20. The second-order valence-corrected chi connectivity index (χ2v) is 3.86. The van der Waals surface area contributed by atoms with Gasteiger partial charge >= 0.3 is 0 Å². The fraction of sp³-hybridized carbons (Fsp3) is 0. The molecule has 0 spiro atoms. The van der Waals surface area contributed by atoms with Crippen molar-refractivity contribution in [3.05, 3.63) is 71.8 Å². The number of nitriles is 1. The number of hydrogen-bond donors (Lipinski definition) is 0. The lowest BCUT2D eigenvalue weighted by Crippen LogP contribution is -1.89. The molecule has 2 aromatic rings. The summed E-state index contributed by atoms with van der Waals surface area (Å²) in [5.74, 6) is 0. The van der Waals surface area contributed by atoms with E-state index < -0.39 is 0 Å². The molecule has 0 bridgehead atoms. The first-order chi connectivity index (χ1) is 8.42. The maximum Gasteiger partial charge on any atom is 0.189 e. The first-order valence-electron chi connectivity index (χ1n) is 5.47. The van der Waals surface area contributed by atoms with Gasteiger partial charge < -0.3 is 0 Å². The van der Waals surface area contributed by atoms with Gasteiger partial charge in [-0.15, -0.1) is 0 Å². The standard InChI is InChI=1S/C15H10N2/c16-11-17-14(12-7-3-1-4-8-12)15(17)13-9-5-2-6-10-13/h1-10H. The quantitative estimate of drug-likeness (QED) is 0.723. The summed E-state index contributed by atoms with van der Waals surface area (Å²) in [5, 5.41) is 9.10. The van der Waals surface area contributed by atoms with E-state index in [1.807, 2.05) is 60.7 Å². The number of benzene rings is 2. The summed E-state index contributed by atoms with van der Waals surface area (Å²) in [4.78, 5) is 1.67. The largest absolute Gasteiger partial charge is 0.242 e. The van der Waals surface area contributed by atoms with Crippen LogP contribution in [-0.2, 0) is 0 Å². The van der Waals surface area contributed by atoms with Gasteiger partial charge in [0.05, 0.1) is 11.4 Å². The van der Waals surface area contributed by atoms with Crippen LogP contribution in [0.1, 0.15) is 11.1 Å². The summed E-state index contributed by atoms with van der Waals surface area (Å²) in [5.41, 5.74) is 4.21. The van der Waals surface area contributed by atoms with E-state index in [1.165, 1.54) is 0 Å². The molecule has 0 N–H and O–H groups in total. The average Bonchev–Trinajstić information content (AvgIpc) is 3.15. The van der Waals surface area contributed by atoms with Crippen molar-refractivity contribution < 1.29 is 0 Å². The Hall–Kier alpha value is -2.53. The summed E-state index contributed by atoms with van der Waals surface area (Å²) >= 11 is 0. The molecule has 0 radical (unpaired) electrons. The molecule has 2 heteroatoms. The Morgan fingerprint density at radius 3 is 1.47 bits per heavy atom. The SMILES string of the molecule is N#CN1C(c2ccccc2)=C1c1ccccc1. The highest BCUT2D eigenvalue weighted by atomic mass is 15.3. The van der Waals surface area contributed by atoms with E-state index in [2.05, 4.69) is 6.19 Å². The highest BCUT2D eigenvalue weighted by Crippen LogP contribution is 2.46. The van der Waals surface area contributed by atoms with E-state index in [0.29, 0.717) is 0 Å². The lowest BCUT2D eigenvalue weighted by molar-refractivity contribution is 0.899. The van der Waals surface area contributed by atoms with Crippen LogP contribution in [0, 0.1) is 11.5 Å². The van der Waals surface area contributed by atoms with E-state index in [-0.39, 0.29) is 0 Å². The van der Waals surface area contributed by atoms with Crippen LogP contribution in [0.15, 0.2) is 60.7 Å². The second-order valence-electron chi connectivity index (χ2n) is 3.86. The van der Waals surface area contributed by atoms with Crippen LogP contribution in [-0.4, -0.2) is 4.90 Å². The molecule has 0 fully saturated rings. The van der Waals surface area contributed by atoms with Crippen molar-refractivity contribution in [3.63, 3.8) is 0 Å². The van der Waals surface area contributed by atoms with Crippen LogP contribution in [0.2, 0.25) is 0 Å². The molecule has 1 aliphatic rings. The third kappa shape index (κ3) is 1.58. The monoisotopic (exact) mass is 218 g/mol. The normalized spacial score (nSPS) is 13.5. The molecule has 0 saturated carbocycles. The summed E-state index contributed by atoms with van der Waals surface area (Å²) in [7, 11) is 0. The average molecular weight is 218 g/mol. The predicted molar refractivity (Wildman–Crippen MR) is 67.2 cm³/mol. The van der Waals surface area contributed by atoms with Crippen LogP contribution >= 0.6 is 0 Å². The third-order valence-electron chi connectivity index (χ3n) is 2.82. The lowest BCUT2D eigenvalue weighted by Gasteiger charge is -1.94. The van der Waals surface area contributed by atoms with E-state index in [0.717, 1.165) is 22.5 Å². The van der Waals surface area contributed by atoms with Crippen LogP contribution < -0.4 is 0 Å². The molecule has 1 aliphatic heterocycles. The lowest BCUT2D eigenvalue weighted by atomic mass is 10.1. The number of hydrogen-bond acceptors (Lipinski definition) is 2. The zero-order chi connectivity index (χ0) is 11.7. The van der Waals surface area contributed by atoms with Crippen molar-refractivity contribution in [3.8, 4) is 6.19 Å². The van der Waals surface area contributed by atoms with Crippen molar-refractivity contribution in [1.29, 1.82) is 5.26 Å². The van der Waals surface area contributed by atoms with E-state index in [9.17, 15) is 0 Å². The molecular weight excluding hydrogens is 208 g/mol. The van der Waals surface area contributed by atoms with Gasteiger partial charge in [0.25, 0.3) is 0 Å². The minimum atomic E-state index is 1.01. The smallest absolute Gasteiger partial charge is 0.189 e. The van der Waals surface area contributed by atoms with E-state index in [1.54, 1.807) is 4.90 Å². The van der Waals surface area contributed by atoms with Gasteiger partial charge in [-0.3, -0.25) is 0 Å². The number of rotatable bonds is 2. The zero-order valence-electron chi connectivity index (χ0n) is 9.17. The molecule has 0 aliphatic carbocycles. The molecule has 0 aromatic heterocycles. The van der Waals surface area contributed by atoms with Crippen LogP contribution in [0.5, 0.6) is 0 Å². The molecule has 0 saturated heterocycles. The zero-order valence-corrected chi connectivity index (χ0v) is 9.17. The van der Waals surface area contributed by atoms with Crippen LogP contribution in [0.4, 0.5) is 0 Å². The van der Waals surface area contributed by atoms with Gasteiger partial charge in [0.2, 0.25) is 0 Å². The Balaban J connectivity index is 2.05. The van der Waals surface area contributed by atoms with Crippen molar-refractivity contribution >= 4 is 11.4 Å². The van der Waals surface area contributed by atoms with Crippen molar-refractivity contribution in [2.24, 2.45) is 0 Å². The first kappa shape index (κ1) is 9.68. The summed E-state index contributed by atoms with van der Waals surface area (Å²) in [6, 6.07) is 20.0. The molecule has 2 nitrogen and oxygen atoms in total. The highest BCUT2D eigenvalue weighted by Gasteiger charge is 2.35. The third-order valence-corrected chi connectivity index (χ3v) is 2.82. The topological polar surface area (TPSA) is 26.8 Å². The molecule has 17 heavy (non-hydrogen) atoms. The van der Waals surface area contributed by atoms with Crippen molar-refractivity contribution in [2.45, 2.75) is 0 Å². The Bertz CT molecular complexity index is 557. The van der Waals surface area contributed by atoms with Gasteiger partial charge in [-0.05, 0) is 0 Å². The van der Waals surface area contributed by atoms with E-state index in [4.69, 9.17) is 5.26 Å². The van der Waals surface area contributed by atoms with Crippen LogP contribution in [0.25, 0.3) is 11.4 Å². The van der Waals surface area contributed by atoms with Gasteiger partial charge in [0.1, 0.15) is 0 Å². The maximum atomic E-state index is 9.10.